The SMILES string of the molecule is CC(C)CC(Br)C(Br)C(C)(C)O. The zero-order valence-electron chi connectivity index (χ0n) is 8.14. The Kier molecular flexibility index (Phi) is 5.35. The number of hydrogen-bond donors (Lipinski definition) is 1. The first-order valence-electron chi connectivity index (χ1n) is 4.25. The fourth-order valence-electron chi connectivity index (χ4n) is 1.01. The van der Waals surface area contributed by atoms with E-state index in [1.807, 2.05) is 13.8 Å². The summed E-state index contributed by atoms with van der Waals surface area (Å²) in [6.45, 7) is 8.00. The van der Waals surface area contributed by atoms with Gasteiger partial charge in [0.05, 0.1) is 10.4 Å². The summed E-state index contributed by atoms with van der Waals surface area (Å²) in [7, 11) is 0. The van der Waals surface area contributed by atoms with Gasteiger partial charge in [-0.05, 0) is 26.2 Å². The average Bonchev–Trinajstić information content (AvgIpc) is 1.82. The Balaban J connectivity index is 4.01. The van der Waals surface area contributed by atoms with Crippen LogP contribution in [0.5, 0.6) is 0 Å². The molecule has 74 valence electrons. The first-order chi connectivity index (χ1) is 5.25. The molecule has 1 N–H and O–H groups in total. The van der Waals surface area contributed by atoms with E-state index in [4.69, 9.17) is 0 Å². The molecule has 1 nitrogen and oxygen atoms in total. The van der Waals surface area contributed by atoms with E-state index in [0.29, 0.717) is 10.7 Å². The predicted molar refractivity (Wildman–Crippen MR) is 61.2 cm³/mol. The molecule has 0 aliphatic heterocycles. The molecule has 0 aromatic carbocycles. The zero-order chi connectivity index (χ0) is 9.94. The summed E-state index contributed by atoms with van der Waals surface area (Å²) < 4.78 is 0. The van der Waals surface area contributed by atoms with Crippen molar-refractivity contribution in [1.29, 1.82) is 0 Å². The van der Waals surface area contributed by atoms with Gasteiger partial charge >= 0.3 is 0 Å². The highest BCUT2D eigenvalue weighted by Crippen LogP contribution is 2.29. The van der Waals surface area contributed by atoms with Crippen molar-refractivity contribution in [2.45, 2.75) is 49.4 Å². The molecule has 3 heteroatoms. The summed E-state index contributed by atoms with van der Waals surface area (Å²) >= 11 is 7.07. The molecule has 0 rings (SSSR count). The van der Waals surface area contributed by atoms with Gasteiger partial charge in [-0.3, -0.25) is 0 Å². The van der Waals surface area contributed by atoms with E-state index in [1.165, 1.54) is 0 Å². The van der Waals surface area contributed by atoms with E-state index < -0.39 is 5.60 Å². The van der Waals surface area contributed by atoms with Crippen LogP contribution < -0.4 is 0 Å². The quantitative estimate of drug-likeness (QED) is 0.790. The number of hydrogen-bond acceptors (Lipinski definition) is 1. The van der Waals surface area contributed by atoms with Gasteiger partial charge in [0, 0.05) is 4.83 Å². The molecule has 12 heavy (non-hydrogen) atoms. The minimum atomic E-state index is -0.664. The van der Waals surface area contributed by atoms with Crippen molar-refractivity contribution in [3.05, 3.63) is 0 Å². The molecule has 2 atom stereocenters. The molecular formula is C9H18Br2O. The summed E-state index contributed by atoms with van der Waals surface area (Å²) in [5.41, 5.74) is -0.664. The Morgan fingerprint density at radius 1 is 1.25 bits per heavy atom. The fraction of sp³-hybridized carbons (Fsp3) is 1.00. The van der Waals surface area contributed by atoms with Crippen LogP contribution in [0.1, 0.15) is 34.1 Å². The van der Waals surface area contributed by atoms with Gasteiger partial charge in [0.1, 0.15) is 0 Å². The lowest BCUT2D eigenvalue weighted by molar-refractivity contribution is 0.0781. The minimum Gasteiger partial charge on any atom is -0.389 e. The average molecular weight is 302 g/mol. The highest BCUT2D eigenvalue weighted by atomic mass is 79.9. The van der Waals surface area contributed by atoms with Crippen LogP contribution in [-0.4, -0.2) is 20.4 Å². The monoisotopic (exact) mass is 300 g/mol. The number of aliphatic hydroxyl groups is 1. The van der Waals surface area contributed by atoms with E-state index in [-0.39, 0.29) is 4.83 Å². The second-order valence-corrected chi connectivity index (χ2v) is 6.36. The molecule has 0 saturated heterocycles. The van der Waals surface area contributed by atoms with Gasteiger partial charge in [-0.15, -0.1) is 0 Å². The highest BCUT2D eigenvalue weighted by Gasteiger charge is 2.30. The van der Waals surface area contributed by atoms with Gasteiger partial charge in [0.2, 0.25) is 0 Å². The molecule has 0 fully saturated rings. The maximum absolute atomic E-state index is 9.69. The van der Waals surface area contributed by atoms with Crippen LogP contribution in [0, 0.1) is 5.92 Å². The van der Waals surface area contributed by atoms with Gasteiger partial charge < -0.3 is 5.11 Å². The van der Waals surface area contributed by atoms with E-state index in [0.717, 1.165) is 6.42 Å². The maximum atomic E-state index is 9.69. The molecule has 0 saturated carbocycles. The Labute approximate surface area is 92.2 Å². The largest absolute Gasteiger partial charge is 0.389 e. The fourth-order valence-corrected chi connectivity index (χ4v) is 2.62. The summed E-state index contributed by atoms with van der Waals surface area (Å²) in [6.07, 6.45) is 1.07. The smallest absolute Gasteiger partial charge is 0.0727 e. The van der Waals surface area contributed by atoms with Gasteiger partial charge in [0.25, 0.3) is 0 Å². The predicted octanol–water partition coefficient (Wildman–Crippen LogP) is 3.33. The zero-order valence-corrected chi connectivity index (χ0v) is 11.3. The summed E-state index contributed by atoms with van der Waals surface area (Å²) in [4.78, 5) is 0.435. The number of halogens is 2. The van der Waals surface area contributed by atoms with Crippen LogP contribution >= 0.6 is 31.9 Å². The molecule has 0 aromatic heterocycles. The van der Waals surface area contributed by atoms with Crippen LogP contribution in [0.15, 0.2) is 0 Å². The lowest BCUT2D eigenvalue weighted by Crippen LogP contribution is -2.38. The van der Waals surface area contributed by atoms with Crippen molar-refractivity contribution in [3.8, 4) is 0 Å². The van der Waals surface area contributed by atoms with E-state index in [2.05, 4.69) is 45.7 Å². The molecule has 0 aliphatic rings. The molecule has 0 aromatic rings. The van der Waals surface area contributed by atoms with Crippen molar-refractivity contribution in [2.24, 2.45) is 5.92 Å². The van der Waals surface area contributed by atoms with Crippen LogP contribution in [0.2, 0.25) is 0 Å². The molecule has 0 bridgehead atoms. The molecule has 0 radical (unpaired) electrons. The van der Waals surface area contributed by atoms with Crippen molar-refractivity contribution in [1.82, 2.24) is 0 Å². The standard InChI is InChI=1S/C9H18Br2O/c1-6(2)5-7(10)8(11)9(3,4)12/h6-8,12H,5H2,1-4H3. The molecule has 0 amide bonds. The topological polar surface area (TPSA) is 20.2 Å². The van der Waals surface area contributed by atoms with Crippen molar-refractivity contribution < 1.29 is 5.11 Å². The maximum Gasteiger partial charge on any atom is 0.0727 e. The van der Waals surface area contributed by atoms with E-state index in [9.17, 15) is 5.11 Å². The van der Waals surface area contributed by atoms with Crippen LogP contribution in [0.3, 0.4) is 0 Å². The first-order valence-corrected chi connectivity index (χ1v) is 6.08. The Bertz CT molecular complexity index is 129. The third-order valence-corrected chi connectivity index (χ3v) is 5.06. The third kappa shape index (κ3) is 4.83. The third-order valence-electron chi connectivity index (χ3n) is 1.69. The van der Waals surface area contributed by atoms with E-state index >= 15 is 0 Å². The molecule has 0 aliphatic carbocycles. The molecular weight excluding hydrogens is 284 g/mol. The van der Waals surface area contributed by atoms with Gasteiger partial charge in [-0.1, -0.05) is 45.7 Å². The van der Waals surface area contributed by atoms with Crippen LogP contribution in [0.4, 0.5) is 0 Å². The van der Waals surface area contributed by atoms with Crippen molar-refractivity contribution in [2.75, 3.05) is 0 Å². The second kappa shape index (κ2) is 4.97. The number of alkyl halides is 2. The first kappa shape index (κ1) is 12.9. The van der Waals surface area contributed by atoms with Crippen molar-refractivity contribution >= 4 is 31.9 Å². The molecule has 0 heterocycles. The lowest BCUT2D eigenvalue weighted by Gasteiger charge is -2.29. The Hall–Kier alpha value is 0.920. The van der Waals surface area contributed by atoms with Gasteiger partial charge in [-0.2, -0.15) is 0 Å². The summed E-state index contributed by atoms with van der Waals surface area (Å²) in [6, 6.07) is 0. The lowest BCUT2D eigenvalue weighted by atomic mass is 9.97. The van der Waals surface area contributed by atoms with Gasteiger partial charge in [-0.25, -0.2) is 0 Å². The normalized spacial score (nSPS) is 18.0. The van der Waals surface area contributed by atoms with Crippen LogP contribution in [0.25, 0.3) is 0 Å². The van der Waals surface area contributed by atoms with Gasteiger partial charge in [0.15, 0.2) is 0 Å². The number of rotatable bonds is 4. The summed E-state index contributed by atoms with van der Waals surface area (Å²) in [5, 5.41) is 9.69. The molecule has 2 unspecified atom stereocenters. The van der Waals surface area contributed by atoms with Crippen LogP contribution in [-0.2, 0) is 0 Å². The van der Waals surface area contributed by atoms with E-state index in [1.54, 1.807) is 0 Å². The minimum absolute atomic E-state index is 0.104. The highest BCUT2D eigenvalue weighted by molar-refractivity contribution is 9.12. The summed E-state index contributed by atoms with van der Waals surface area (Å²) in [5.74, 6) is 0.650. The second-order valence-electron chi connectivity index (χ2n) is 4.20. The Morgan fingerprint density at radius 2 is 1.67 bits per heavy atom. The molecule has 0 spiro atoms. The Morgan fingerprint density at radius 3 is 1.92 bits per heavy atom. The van der Waals surface area contributed by atoms with Crippen molar-refractivity contribution in [3.63, 3.8) is 0 Å².